The number of halogens is 1. The van der Waals surface area contributed by atoms with Crippen molar-refractivity contribution in [2.45, 2.75) is 24.5 Å². The van der Waals surface area contributed by atoms with Crippen LogP contribution < -0.4 is 0 Å². The fraction of sp³-hybridized carbons (Fsp3) is 0.231. The molecule has 2 rings (SSSR count). The molecule has 0 aliphatic carbocycles. The minimum Gasteiger partial charge on any atom is -0.478 e. The Kier molecular flexibility index (Phi) is 4.50. The van der Waals surface area contributed by atoms with Crippen molar-refractivity contribution in [1.29, 1.82) is 0 Å². The summed E-state index contributed by atoms with van der Waals surface area (Å²) < 4.78 is 0. The highest BCUT2D eigenvalue weighted by molar-refractivity contribution is 7.98. The maximum absolute atomic E-state index is 11.0. The van der Waals surface area contributed by atoms with Crippen molar-refractivity contribution in [3.63, 3.8) is 0 Å². The summed E-state index contributed by atoms with van der Waals surface area (Å²) in [7, 11) is 0. The number of hydrogen-bond donors (Lipinski definition) is 1. The maximum atomic E-state index is 11.0. The lowest BCUT2D eigenvalue weighted by Gasteiger charge is -2.03. The molecule has 2 aromatic rings. The van der Waals surface area contributed by atoms with Crippen molar-refractivity contribution >= 4 is 40.7 Å². The molecule has 0 saturated carbocycles. The number of aromatic nitrogens is 1. The average Bonchev–Trinajstić information content (AvgIpc) is 2.67. The lowest BCUT2D eigenvalue weighted by molar-refractivity contribution is 0.0697. The third-order valence-corrected chi connectivity index (χ3v) is 5.19. The summed E-state index contributed by atoms with van der Waals surface area (Å²) in [6.45, 7) is 4.04. The number of carbonyl (C=O) groups is 1. The summed E-state index contributed by atoms with van der Waals surface area (Å²) in [6.07, 6.45) is 0. The highest BCUT2D eigenvalue weighted by Crippen LogP contribution is 2.29. The molecule has 1 heterocycles. The Morgan fingerprint density at radius 1 is 1.47 bits per heavy atom. The third kappa shape index (κ3) is 3.49. The van der Waals surface area contributed by atoms with E-state index < -0.39 is 5.97 Å². The molecule has 0 atom stereocenters. The van der Waals surface area contributed by atoms with E-state index in [2.05, 4.69) is 4.98 Å². The summed E-state index contributed by atoms with van der Waals surface area (Å²) in [5, 5.41) is 10.3. The van der Waals surface area contributed by atoms with Gasteiger partial charge in [0.2, 0.25) is 0 Å². The minimum atomic E-state index is -1.01. The molecule has 0 spiro atoms. The first-order chi connectivity index (χ1) is 8.97. The van der Waals surface area contributed by atoms with Crippen LogP contribution in [0.5, 0.6) is 0 Å². The Balaban J connectivity index is 2.11. The van der Waals surface area contributed by atoms with Gasteiger partial charge in [-0.05, 0) is 32.0 Å². The summed E-state index contributed by atoms with van der Waals surface area (Å²) in [4.78, 5) is 17.5. The van der Waals surface area contributed by atoms with Gasteiger partial charge in [-0.1, -0.05) is 11.6 Å². The first-order valence-corrected chi connectivity index (χ1v) is 7.74. The van der Waals surface area contributed by atoms with E-state index in [1.165, 1.54) is 4.88 Å². The topological polar surface area (TPSA) is 50.2 Å². The van der Waals surface area contributed by atoms with Gasteiger partial charge in [-0.2, -0.15) is 0 Å². The Morgan fingerprint density at radius 3 is 2.79 bits per heavy atom. The number of thioether (sulfide) groups is 1. The molecular formula is C13H12ClNO2S2. The van der Waals surface area contributed by atoms with Crippen molar-refractivity contribution < 1.29 is 9.90 Å². The first-order valence-electron chi connectivity index (χ1n) is 5.56. The van der Waals surface area contributed by atoms with Gasteiger partial charge >= 0.3 is 5.97 Å². The van der Waals surface area contributed by atoms with Crippen LogP contribution in [-0.4, -0.2) is 16.1 Å². The zero-order valence-electron chi connectivity index (χ0n) is 10.4. The van der Waals surface area contributed by atoms with E-state index >= 15 is 0 Å². The smallest absolute Gasteiger partial charge is 0.337 e. The van der Waals surface area contributed by atoms with E-state index in [-0.39, 0.29) is 10.6 Å². The van der Waals surface area contributed by atoms with Crippen molar-refractivity contribution in [3.05, 3.63) is 44.4 Å². The van der Waals surface area contributed by atoms with Gasteiger partial charge in [-0.3, -0.25) is 0 Å². The van der Waals surface area contributed by atoms with Crippen LogP contribution >= 0.6 is 34.7 Å². The lowest BCUT2D eigenvalue weighted by Crippen LogP contribution is -1.97. The average molecular weight is 314 g/mol. The molecule has 19 heavy (non-hydrogen) atoms. The summed E-state index contributed by atoms with van der Waals surface area (Å²) in [5.41, 5.74) is 1.20. The maximum Gasteiger partial charge on any atom is 0.337 e. The standard InChI is InChI=1S/C13H12ClNO2S2/c1-7-8(2)19-12(15-7)6-18-9-3-4-11(14)10(5-9)13(16)17/h3-5H,6H2,1-2H3,(H,16,17). The van der Waals surface area contributed by atoms with Gasteiger partial charge in [-0.15, -0.1) is 23.1 Å². The van der Waals surface area contributed by atoms with Gasteiger partial charge in [0, 0.05) is 9.77 Å². The summed E-state index contributed by atoms with van der Waals surface area (Å²) >= 11 is 9.07. The molecular weight excluding hydrogens is 302 g/mol. The Morgan fingerprint density at radius 2 is 2.21 bits per heavy atom. The molecule has 0 fully saturated rings. The number of hydrogen-bond acceptors (Lipinski definition) is 4. The Bertz CT molecular complexity index is 606. The predicted molar refractivity (Wildman–Crippen MR) is 79.6 cm³/mol. The molecule has 0 aliphatic rings. The summed E-state index contributed by atoms with van der Waals surface area (Å²) in [6, 6.07) is 5.04. The second-order valence-electron chi connectivity index (χ2n) is 3.98. The van der Waals surface area contributed by atoms with E-state index in [0.29, 0.717) is 0 Å². The SMILES string of the molecule is Cc1nc(CSc2ccc(Cl)c(C(=O)O)c2)sc1C. The lowest BCUT2D eigenvalue weighted by atomic mass is 10.2. The predicted octanol–water partition coefficient (Wildman–Crippen LogP) is 4.40. The Labute approximate surface area is 124 Å². The van der Waals surface area contributed by atoms with Crippen LogP contribution in [-0.2, 0) is 5.75 Å². The molecule has 1 aromatic carbocycles. The van der Waals surface area contributed by atoms with Gasteiger partial charge in [-0.25, -0.2) is 9.78 Å². The van der Waals surface area contributed by atoms with Gasteiger partial charge in [0.15, 0.2) is 0 Å². The number of aromatic carboxylic acids is 1. The third-order valence-electron chi connectivity index (χ3n) is 2.60. The van der Waals surface area contributed by atoms with E-state index in [4.69, 9.17) is 16.7 Å². The van der Waals surface area contributed by atoms with Gasteiger partial charge in [0.05, 0.1) is 22.0 Å². The molecule has 1 N–H and O–H groups in total. The number of carboxylic acid groups (broad SMARTS) is 1. The minimum absolute atomic E-state index is 0.137. The number of aryl methyl sites for hydroxylation is 2. The Hall–Kier alpha value is -1.04. The van der Waals surface area contributed by atoms with Gasteiger partial charge in [0.1, 0.15) is 5.01 Å². The van der Waals surface area contributed by atoms with Crippen LogP contribution in [0.15, 0.2) is 23.1 Å². The van der Waals surface area contributed by atoms with Gasteiger partial charge in [0.25, 0.3) is 0 Å². The molecule has 0 radical (unpaired) electrons. The zero-order chi connectivity index (χ0) is 14.0. The highest BCUT2D eigenvalue weighted by Gasteiger charge is 2.10. The first kappa shape index (κ1) is 14.4. The number of thiazole rings is 1. The molecule has 0 amide bonds. The van der Waals surface area contributed by atoms with Crippen LogP contribution in [0.3, 0.4) is 0 Å². The van der Waals surface area contributed by atoms with Crippen molar-refractivity contribution in [2.24, 2.45) is 0 Å². The van der Waals surface area contributed by atoms with E-state index in [0.717, 1.165) is 21.3 Å². The van der Waals surface area contributed by atoms with E-state index in [1.54, 1.807) is 35.2 Å². The quantitative estimate of drug-likeness (QED) is 0.850. The zero-order valence-corrected chi connectivity index (χ0v) is 12.8. The van der Waals surface area contributed by atoms with Crippen molar-refractivity contribution in [2.75, 3.05) is 0 Å². The fourth-order valence-electron chi connectivity index (χ4n) is 1.50. The molecule has 1 aromatic heterocycles. The van der Waals surface area contributed by atoms with Crippen LogP contribution in [0.1, 0.15) is 25.9 Å². The second-order valence-corrected chi connectivity index (χ2v) is 6.73. The normalized spacial score (nSPS) is 10.7. The second kappa shape index (κ2) is 5.94. The van der Waals surface area contributed by atoms with Crippen LogP contribution in [0.25, 0.3) is 0 Å². The van der Waals surface area contributed by atoms with Crippen molar-refractivity contribution in [3.8, 4) is 0 Å². The molecule has 0 aliphatic heterocycles. The highest BCUT2D eigenvalue weighted by atomic mass is 35.5. The number of nitrogens with zero attached hydrogens (tertiary/aromatic N) is 1. The number of rotatable bonds is 4. The monoisotopic (exact) mass is 313 g/mol. The molecule has 0 saturated heterocycles. The molecule has 6 heteroatoms. The largest absolute Gasteiger partial charge is 0.478 e. The number of carboxylic acids is 1. The molecule has 0 bridgehead atoms. The fourth-order valence-corrected chi connectivity index (χ4v) is 3.56. The van der Waals surface area contributed by atoms with Crippen LogP contribution in [0, 0.1) is 13.8 Å². The van der Waals surface area contributed by atoms with E-state index in [1.807, 2.05) is 19.9 Å². The van der Waals surface area contributed by atoms with Crippen LogP contribution in [0.4, 0.5) is 0 Å². The van der Waals surface area contributed by atoms with Crippen molar-refractivity contribution in [1.82, 2.24) is 4.98 Å². The molecule has 0 unspecified atom stereocenters. The van der Waals surface area contributed by atoms with E-state index in [9.17, 15) is 4.79 Å². The molecule has 3 nitrogen and oxygen atoms in total. The number of benzene rings is 1. The van der Waals surface area contributed by atoms with Gasteiger partial charge < -0.3 is 5.11 Å². The van der Waals surface area contributed by atoms with Crippen LogP contribution in [0.2, 0.25) is 5.02 Å². The summed E-state index contributed by atoms with van der Waals surface area (Å²) in [5.74, 6) is -0.270. The molecule has 100 valence electrons.